The molecule has 1 fully saturated rings. The third-order valence-electron chi connectivity index (χ3n) is 5.03. The van der Waals surface area contributed by atoms with Gasteiger partial charge in [0.2, 0.25) is 0 Å². The van der Waals surface area contributed by atoms with Crippen LogP contribution in [0.2, 0.25) is 0 Å². The first-order chi connectivity index (χ1) is 13.9. The Morgan fingerprint density at radius 1 is 1.17 bits per heavy atom. The van der Waals surface area contributed by atoms with Gasteiger partial charge in [0.15, 0.2) is 0 Å². The number of benzene rings is 2. The molecule has 1 atom stereocenters. The Morgan fingerprint density at radius 3 is 2.76 bits per heavy atom. The number of nitrogens with zero attached hydrogens (tertiary/aromatic N) is 2. The van der Waals surface area contributed by atoms with Crippen molar-refractivity contribution in [3.05, 3.63) is 60.7 Å². The predicted molar refractivity (Wildman–Crippen MR) is 105 cm³/mol. The van der Waals surface area contributed by atoms with Crippen LogP contribution in [0.4, 0.5) is 13.2 Å². The van der Waals surface area contributed by atoms with E-state index in [9.17, 15) is 18.3 Å². The number of aliphatic hydroxyl groups excluding tert-OH is 1. The van der Waals surface area contributed by atoms with Crippen LogP contribution in [0.15, 0.2) is 54.9 Å². The molecule has 1 aromatic heterocycles. The van der Waals surface area contributed by atoms with Crippen LogP contribution in [0.3, 0.4) is 0 Å². The monoisotopic (exact) mass is 402 g/mol. The molecule has 1 aliphatic heterocycles. The molecule has 1 saturated heterocycles. The summed E-state index contributed by atoms with van der Waals surface area (Å²) in [5, 5.41) is 12.1. The lowest BCUT2D eigenvalue weighted by Crippen LogP contribution is -2.35. The van der Waals surface area contributed by atoms with Crippen LogP contribution in [-0.4, -0.2) is 53.3 Å². The third kappa shape index (κ3) is 4.52. The van der Waals surface area contributed by atoms with Crippen molar-refractivity contribution in [2.24, 2.45) is 0 Å². The minimum atomic E-state index is -2.70. The Kier molecular flexibility index (Phi) is 5.43. The number of β-amino-alcohol motifs (C(OH)–C–C–N with tert-alkyl or cyclic N) is 1. The van der Waals surface area contributed by atoms with Crippen molar-refractivity contribution in [1.82, 2.24) is 9.88 Å². The first-order valence-electron chi connectivity index (χ1n) is 9.45. The average Bonchev–Trinajstić information content (AvgIpc) is 3.04. The summed E-state index contributed by atoms with van der Waals surface area (Å²) in [7, 11) is 0. The second kappa shape index (κ2) is 8.00. The van der Waals surface area contributed by atoms with E-state index in [0.29, 0.717) is 16.9 Å². The molecule has 152 valence electrons. The van der Waals surface area contributed by atoms with Gasteiger partial charge in [-0.3, -0.25) is 9.88 Å². The zero-order valence-corrected chi connectivity index (χ0v) is 15.7. The molecule has 4 rings (SSSR count). The molecule has 0 bridgehead atoms. The van der Waals surface area contributed by atoms with E-state index in [1.54, 1.807) is 12.3 Å². The smallest absolute Gasteiger partial charge is 0.261 e. The lowest BCUT2D eigenvalue weighted by molar-refractivity contribution is 0.00463. The molecule has 1 unspecified atom stereocenters. The van der Waals surface area contributed by atoms with E-state index >= 15 is 0 Å². The van der Waals surface area contributed by atoms with E-state index in [0.717, 1.165) is 17.0 Å². The molecule has 0 amide bonds. The van der Waals surface area contributed by atoms with Crippen LogP contribution in [0.5, 0.6) is 5.75 Å². The fourth-order valence-corrected chi connectivity index (χ4v) is 3.72. The maximum Gasteiger partial charge on any atom is 0.261 e. The maximum absolute atomic E-state index is 13.8. The highest BCUT2D eigenvalue weighted by atomic mass is 19.3. The van der Waals surface area contributed by atoms with Crippen LogP contribution in [-0.2, 0) is 0 Å². The number of halogens is 3. The van der Waals surface area contributed by atoms with Gasteiger partial charge in [-0.05, 0) is 22.9 Å². The lowest BCUT2D eigenvalue weighted by Gasteiger charge is -2.21. The number of pyridine rings is 1. The summed E-state index contributed by atoms with van der Waals surface area (Å²) in [5.41, 5.74) is 1.24. The topological polar surface area (TPSA) is 45.6 Å². The number of aromatic nitrogens is 1. The summed E-state index contributed by atoms with van der Waals surface area (Å²) in [6.45, 7) is -0.0450. The molecular weight excluding hydrogens is 381 g/mol. The van der Waals surface area contributed by atoms with Crippen molar-refractivity contribution in [3.8, 4) is 16.9 Å². The molecule has 1 N–H and O–H groups in total. The average molecular weight is 402 g/mol. The van der Waals surface area contributed by atoms with Gasteiger partial charge in [-0.15, -0.1) is 0 Å². The standard InChI is InChI=1S/C22H21F3N2O2/c23-17-9-16(10-26-11-17)21-19-4-2-1-3-15(19)5-6-20(21)29-13-18(28)12-27-8-7-22(24,25)14-27/h1-6,9-11,18,28H,7-8,12-14H2. The number of likely N-dealkylation sites (tertiary alicyclic amines) is 1. The Labute approximate surface area is 166 Å². The SMILES string of the molecule is OC(COc1ccc2ccccc2c1-c1cncc(F)c1)CN1CCC(F)(F)C1. The molecule has 0 aliphatic carbocycles. The van der Waals surface area contributed by atoms with Gasteiger partial charge in [0.1, 0.15) is 24.3 Å². The number of hydrogen-bond acceptors (Lipinski definition) is 4. The zero-order chi connectivity index (χ0) is 20.4. The van der Waals surface area contributed by atoms with E-state index < -0.39 is 17.8 Å². The van der Waals surface area contributed by atoms with Crippen molar-refractivity contribution >= 4 is 10.8 Å². The van der Waals surface area contributed by atoms with Gasteiger partial charge in [0.05, 0.1) is 12.7 Å². The van der Waals surface area contributed by atoms with Crippen LogP contribution in [0.1, 0.15) is 6.42 Å². The van der Waals surface area contributed by atoms with Gasteiger partial charge in [0, 0.05) is 36.8 Å². The van der Waals surface area contributed by atoms with Crippen molar-refractivity contribution < 1.29 is 23.0 Å². The number of fused-ring (bicyclic) bond motifs is 1. The van der Waals surface area contributed by atoms with Crippen LogP contribution in [0.25, 0.3) is 21.9 Å². The van der Waals surface area contributed by atoms with Gasteiger partial charge in [-0.1, -0.05) is 30.3 Å². The molecule has 0 saturated carbocycles. The first kappa shape index (κ1) is 19.7. The quantitative estimate of drug-likeness (QED) is 0.674. The minimum Gasteiger partial charge on any atom is -0.490 e. The molecule has 7 heteroatoms. The number of rotatable bonds is 6. The Balaban J connectivity index is 1.56. The predicted octanol–water partition coefficient (Wildman–Crippen LogP) is 4.12. The van der Waals surface area contributed by atoms with Crippen LogP contribution < -0.4 is 4.74 Å². The summed E-state index contributed by atoms with van der Waals surface area (Å²) < 4.78 is 46.3. The largest absolute Gasteiger partial charge is 0.490 e. The second-order valence-corrected chi connectivity index (χ2v) is 7.36. The molecule has 1 aliphatic rings. The van der Waals surface area contributed by atoms with E-state index in [4.69, 9.17) is 4.74 Å². The van der Waals surface area contributed by atoms with E-state index in [1.165, 1.54) is 11.0 Å². The molecule has 3 aromatic rings. The highest BCUT2D eigenvalue weighted by Crippen LogP contribution is 2.37. The van der Waals surface area contributed by atoms with Crippen LogP contribution >= 0.6 is 0 Å². The maximum atomic E-state index is 13.8. The molecule has 0 radical (unpaired) electrons. The molecule has 2 aromatic carbocycles. The number of alkyl halides is 2. The summed E-state index contributed by atoms with van der Waals surface area (Å²) in [6, 6.07) is 12.7. The van der Waals surface area contributed by atoms with Crippen molar-refractivity contribution in [2.45, 2.75) is 18.4 Å². The van der Waals surface area contributed by atoms with Gasteiger partial charge in [-0.2, -0.15) is 0 Å². The summed E-state index contributed by atoms with van der Waals surface area (Å²) in [5.74, 6) is -2.69. The summed E-state index contributed by atoms with van der Waals surface area (Å²) in [6.07, 6.45) is 1.57. The molecule has 29 heavy (non-hydrogen) atoms. The van der Waals surface area contributed by atoms with Crippen LogP contribution in [0, 0.1) is 5.82 Å². The lowest BCUT2D eigenvalue weighted by atomic mass is 9.98. The molecule has 0 spiro atoms. The van der Waals surface area contributed by atoms with Gasteiger partial charge < -0.3 is 9.84 Å². The molecular formula is C22H21F3N2O2. The first-order valence-corrected chi connectivity index (χ1v) is 9.45. The van der Waals surface area contributed by atoms with Gasteiger partial charge in [-0.25, -0.2) is 13.2 Å². The second-order valence-electron chi connectivity index (χ2n) is 7.36. The summed E-state index contributed by atoms with van der Waals surface area (Å²) >= 11 is 0. The third-order valence-corrected chi connectivity index (χ3v) is 5.03. The van der Waals surface area contributed by atoms with E-state index in [-0.39, 0.29) is 32.7 Å². The van der Waals surface area contributed by atoms with E-state index in [2.05, 4.69) is 4.98 Å². The minimum absolute atomic E-state index is 0.0594. The van der Waals surface area contributed by atoms with Crippen molar-refractivity contribution in [2.75, 3.05) is 26.2 Å². The number of hydrogen-bond donors (Lipinski definition) is 1. The van der Waals surface area contributed by atoms with Gasteiger partial charge >= 0.3 is 0 Å². The fraction of sp³-hybridized carbons (Fsp3) is 0.318. The summed E-state index contributed by atoms with van der Waals surface area (Å²) in [4.78, 5) is 5.46. The Hall–Kier alpha value is -2.64. The normalized spacial score (nSPS) is 17.5. The number of aliphatic hydroxyl groups is 1. The van der Waals surface area contributed by atoms with Crippen molar-refractivity contribution in [3.63, 3.8) is 0 Å². The Bertz CT molecular complexity index is 1010. The molecule has 2 heterocycles. The fourth-order valence-electron chi connectivity index (χ4n) is 3.72. The highest BCUT2D eigenvalue weighted by molar-refractivity contribution is 5.99. The van der Waals surface area contributed by atoms with Crippen molar-refractivity contribution in [1.29, 1.82) is 0 Å². The molecule has 4 nitrogen and oxygen atoms in total. The van der Waals surface area contributed by atoms with E-state index in [1.807, 2.05) is 30.3 Å². The van der Waals surface area contributed by atoms with Gasteiger partial charge in [0.25, 0.3) is 5.92 Å². The zero-order valence-electron chi connectivity index (χ0n) is 15.7. The Morgan fingerprint density at radius 2 is 2.00 bits per heavy atom. The highest BCUT2D eigenvalue weighted by Gasteiger charge is 2.38. The number of ether oxygens (including phenoxy) is 1.